The quantitative estimate of drug-likeness (QED) is 0.281. The molecule has 0 spiro atoms. The van der Waals surface area contributed by atoms with Gasteiger partial charge in [0.25, 0.3) is 0 Å². The van der Waals surface area contributed by atoms with Crippen LogP contribution in [0.15, 0.2) is 0 Å². The van der Waals surface area contributed by atoms with E-state index in [-0.39, 0.29) is 32.0 Å². The van der Waals surface area contributed by atoms with Crippen molar-refractivity contribution in [3.8, 4) is 0 Å². The van der Waals surface area contributed by atoms with E-state index in [1.165, 1.54) is 13.8 Å². The molecule has 3 atom stereocenters. The van der Waals surface area contributed by atoms with Crippen molar-refractivity contribution < 1.29 is 42.9 Å². The lowest BCUT2D eigenvalue weighted by Gasteiger charge is -2.29. The topological polar surface area (TPSA) is 122 Å². The molecule has 148 valence electrons. The molecule has 0 aliphatic heterocycles. The van der Waals surface area contributed by atoms with Gasteiger partial charge in [0.1, 0.15) is 6.61 Å². The molecule has 0 N–H and O–H groups in total. The fourth-order valence-corrected chi connectivity index (χ4v) is 1.72. The summed E-state index contributed by atoms with van der Waals surface area (Å²) in [5, 5.41) is 0. The zero-order chi connectivity index (χ0) is 20.1. The van der Waals surface area contributed by atoms with E-state index >= 15 is 0 Å². The standard InChI is InChI=1S/C17H26O9/c1-5-13(19)23-10-12(25-15(21)7-3)17(26-16(22)8-4)11(9-18)24-14(20)6-2/h9,11-12,17H,5-8,10H2,1-4H3/t11-,12+,17-/m0/s1. The summed E-state index contributed by atoms with van der Waals surface area (Å²) in [4.78, 5) is 57.8. The van der Waals surface area contributed by atoms with Crippen molar-refractivity contribution in [1.29, 1.82) is 0 Å². The number of carbonyl (C=O) groups excluding carboxylic acids is 5. The van der Waals surface area contributed by atoms with Gasteiger partial charge >= 0.3 is 23.9 Å². The van der Waals surface area contributed by atoms with E-state index in [9.17, 15) is 24.0 Å². The highest BCUT2D eigenvalue weighted by atomic mass is 16.6. The molecule has 0 heterocycles. The summed E-state index contributed by atoms with van der Waals surface area (Å²) in [6, 6.07) is 0. The van der Waals surface area contributed by atoms with Crippen molar-refractivity contribution in [2.75, 3.05) is 6.61 Å². The van der Waals surface area contributed by atoms with Crippen LogP contribution < -0.4 is 0 Å². The van der Waals surface area contributed by atoms with Gasteiger partial charge in [-0.1, -0.05) is 27.7 Å². The van der Waals surface area contributed by atoms with Crippen molar-refractivity contribution in [3.63, 3.8) is 0 Å². The summed E-state index contributed by atoms with van der Waals surface area (Å²) in [5.41, 5.74) is 0. The summed E-state index contributed by atoms with van der Waals surface area (Å²) in [6.45, 7) is 5.71. The molecule has 0 fully saturated rings. The van der Waals surface area contributed by atoms with Gasteiger partial charge in [0.15, 0.2) is 24.6 Å². The average Bonchev–Trinajstić information content (AvgIpc) is 2.66. The largest absolute Gasteiger partial charge is 0.462 e. The highest BCUT2D eigenvalue weighted by Gasteiger charge is 2.38. The van der Waals surface area contributed by atoms with E-state index < -0.39 is 48.8 Å². The van der Waals surface area contributed by atoms with Gasteiger partial charge in [0, 0.05) is 25.7 Å². The number of carbonyl (C=O) groups is 5. The molecule has 0 unspecified atom stereocenters. The Kier molecular flexibility index (Phi) is 11.6. The second kappa shape index (κ2) is 12.8. The maximum atomic E-state index is 11.7. The minimum atomic E-state index is -1.51. The van der Waals surface area contributed by atoms with Gasteiger partial charge in [-0.15, -0.1) is 0 Å². The third-order valence-corrected chi connectivity index (χ3v) is 3.21. The summed E-state index contributed by atoms with van der Waals surface area (Å²) >= 11 is 0. The lowest BCUT2D eigenvalue weighted by atomic mass is 10.1. The second-order valence-corrected chi connectivity index (χ2v) is 5.17. The molecular formula is C17H26O9. The van der Waals surface area contributed by atoms with Crippen LogP contribution >= 0.6 is 0 Å². The SMILES string of the molecule is CCC(=O)OC[C@@H](OC(=O)CC)[C@@H](OC(=O)CC)[C@H](C=O)OC(=O)CC. The first-order chi connectivity index (χ1) is 12.3. The van der Waals surface area contributed by atoms with Gasteiger partial charge in [-0.25, -0.2) is 0 Å². The van der Waals surface area contributed by atoms with Gasteiger partial charge in [-0.3, -0.25) is 24.0 Å². The molecule has 0 bridgehead atoms. The van der Waals surface area contributed by atoms with Crippen LogP contribution in [0.25, 0.3) is 0 Å². The molecule has 0 aliphatic rings. The molecule has 26 heavy (non-hydrogen) atoms. The van der Waals surface area contributed by atoms with E-state index in [2.05, 4.69) is 0 Å². The maximum Gasteiger partial charge on any atom is 0.306 e. The second-order valence-electron chi connectivity index (χ2n) is 5.17. The Labute approximate surface area is 152 Å². The molecule has 9 nitrogen and oxygen atoms in total. The van der Waals surface area contributed by atoms with Crippen LogP contribution in [0.3, 0.4) is 0 Å². The average molecular weight is 374 g/mol. The number of ether oxygens (including phenoxy) is 4. The van der Waals surface area contributed by atoms with Gasteiger partial charge in [-0.2, -0.15) is 0 Å². The highest BCUT2D eigenvalue weighted by Crippen LogP contribution is 2.15. The molecule has 0 aliphatic carbocycles. The van der Waals surface area contributed by atoms with Crippen LogP contribution in [0.5, 0.6) is 0 Å². The molecule has 0 rings (SSSR count). The van der Waals surface area contributed by atoms with E-state index in [4.69, 9.17) is 18.9 Å². The Morgan fingerprint density at radius 1 is 0.731 bits per heavy atom. The normalized spacial score (nSPS) is 13.7. The van der Waals surface area contributed by atoms with Gasteiger partial charge in [-0.05, 0) is 0 Å². The molecular weight excluding hydrogens is 348 g/mol. The number of rotatable bonds is 12. The number of esters is 4. The summed E-state index contributed by atoms with van der Waals surface area (Å²) in [7, 11) is 0. The Morgan fingerprint density at radius 2 is 1.19 bits per heavy atom. The highest BCUT2D eigenvalue weighted by molar-refractivity contribution is 5.74. The smallest absolute Gasteiger partial charge is 0.306 e. The number of hydrogen-bond donors (Lipinski definition) is 0. The van der Waals surface area contributed by atoms with E-state index in [1.807, 2.05) is 0 Å². The van der Waals surface area contributed by atoms with E-state index in [0.717, 1.165) is 0 Å². The third kappa shape index (κ3) is 8.59. The number of hydrogen-bond acceptors (Lipinski definition) is 9. The molecule has 0 radical (unpaired) electrons. The van der Waals surface area contributed by atoms with Crippen LogP contribution in [-0.4, -0.2) is 55.1 Å². The molecule has 0 saturated heterocycles. The van der Waals surface area contributed by atoms with Crippen molar-refractivity contribution >= 4 is 30.2 Å². The van der Waals surface area contributed by atoms with Crippen molar-refractivity contribution in [3.05, 3.63) is 0 Å². The molecule has 0 aromatic heterocycles. The first-order valence-corrected chi connectivity index (χ1v) is 8.52. The Morgan fingerprint density at radius 3 is 1.65 bits per heavy atom. The van der Waals surface area contributed by atoms with E-state index in [0.29, 0.717) is 0 Å². The fourth-order valence-electron chi connectivity index (χ4n) is 1.72. The lowest BCUT2D eigenvalue weighted by molar-refractivity contribution is -0.190. The van der Waals surface area contributed by atoms with Crippen LogP contribution in [0.2, 0.25) is 0 Å². The van der Waals surface area contributed by atoms with Crippen molar-refractivity contribution in [2.24, 2.45) is 0 Å². The predicted molar refractivity (Wildman–Crippen MR) is 87.8 cm³/mol. The Bertz CT molecular complexity index is 500. The molecule has 0 aromatic rings. The Hall–Kier alpha value is -2.45. The van der Waals surface area contributed by atoms with E-state index in [1.54, 1.807) is 13.8 Å². The first-order valence-electron chi connectivity index (χ1n) is 8.52. The predicted octanol–water partition coefficient (Wildman–Crippen LogP) is 1.10. The molecule has 0 aromatic carbocycles. The molecule has 0 saturated carbocycles. The summed E-state index contributed by atoms with van der Waals surface area (Å²) in [5.74, 6) is -2.64. The minimum absolute atomic E-state index is 0.00712. The maximum absolute atomic E-state index is 11.7. The zero-order valence-corrected chi connectivity index (χ0v) is 15.5. The number of aldehydes is 1. The van der Waals surface area contributed by atoms with Crippen LogP contribution in [-0.2, 0) is 42.9 Å². The zero-order valence-electron chi connectivity index (χ0n) is 15.5. The van der Waals surface area contributed by atoms with Crippen molar-refractivity contribution in [1.82, 2.24) is 0 Å². The van der Waals surface area contributed by atoms with Gasteiger partial charge in [0.2, 0.25) is 0 Å². The van der Waals surface area contributed by atoms with Gasteiger partial charge in [0.05, 0.1) is 0 Å². The van der Waals surface area contributed by atoms with Gasteiger partial charge < -0.3 is 18.9 Å². The Balaban J connectivity index is 5.58. The summed E-state index contributed by atoms with van der Waals surface area (Å²) in [6.07, 6.45) is -3.91. The monoisotopic (exact) mass is 374 g/mol. The minimum Gasteiger partial charge on any atom is -0.462 e. The summed E-state index contributed by atoms with van der Waals surface area (Å²) < 4.78 is 20.2. The molecule has 9 heteroatoms. The van der Waals surface area contributed by atoms with Crippen LogP contribution in [0.1, 0.15) is 53.4 Å². The third-order valence-electron chi connectivity index (χ3n) is 3.21. The fraction of sp³-hybridized carbons (Fsp3) is 0.706. The lowest BCUT2D eigenvalue weighted by Crippen LogP contribution is -2.48. The van der Waals surface area contributed by atoms with Crippen molar-refractivity contribution in [2.45, 2.75) is 71.7 Å². The van der Waals surface area contributed by atoms with Crippen LogP contribution in [0.4, 0.5) is 0 Å². The molecule has 0 amide bonds. The van der Waals surface area contributed by atoms with Crippen LogP contribution in [0, 0.1) is 0 Å². The first kappa shape index (κ1) is 23.5.